The number of nitrogens with zero attached hydrogens (tertiary/aromatic N) is 1. The zero-order valence-electron chi connectivity index (χ0n) is 14.9. The minimum absolute atomic E-state index is 0.0542. The molecule has 1 aliphatic rings. The van der Waals surface area contributed by atoms with Crippen molar-refractivity contribution in [3.05, 3.63) is 15.7 Å². The van der Waals surface area contributed by atoms with Crippen molar-refractivity contribution in [2.75, 3.05) is 0 Å². The summed E-state index contributed by atoms with van der Waals surface area (Å²) in [5, 5.41) is 9.64. The normalized spacial score (nSPS) is 15.9. The molecule has 0 spiro atoms. The molecule has 0 atom stereocenters. The van der Waals surface area contributed by atoms with Gasteiger partial charge in [0.15, 0.2) is 0 Å². The molecule has 0 aromatic carbocycles. The van der Waals surface area contributed by atoms with Gasteiger partial charge in [0.05, 0.1) is 0 Å². The fourth-order valence-corrected chi connectivity index (χ4v) is 6.43. The van der Waals surface area contributed by atoms with E-state index in [0.29, 0.717) is 6.61 Å². The molecule has 1 N–H and O–H groups in total. The Balaban J connectivity index is 2.03. The van der Waals surface area contributed by atoms with Crippen molar-refractivity contribution in [3.63, 3.8) is 0 Å². The Labute approximate surface area is 163 Å². The zero-order valence-corrected chi connectivity index (χ0v) is 18.8. The first-order chi connectivity index (χ1) is 11.5. The summed E-state index contributed by atoms with van der Waals surface area (Å²) in [5.74, 6) is 0.240. The van der Waals surface area contributed by atoms with Crippen LogP contribution in [0.2, 0.25) is 4.47 Å². The Morgan fingerprint density at radius 2 is 1.92 bits per heavy atom. The molecule has 1 aliphatic heterocycles. The van der Waals surface area contributed by atoms with Crippen molar-refractivity contribution in [3.8, 4) is 5.75 Å². The van der Waals surface area contributed by atoms with Crippen LogP contribution in [0.3, 0.4) is 0 Å². The molecule has 4 nitrogen and oxygen atoms in total. The summed E-state index contributed by atoms with van der Waals surface area (Å²) in [7, 11) is 0. The number of aliphatic hydroxyl groups is 1. The number of halogens is 1. The van der Waals surface area contributed by atoms with Crippen LogP contribution in [-0.4, -0.2) is 36.8 Å². The Bertz CT molecular complexity index is 552. The Morgan fingerprint density at radius 1 is 1.21 bits per heavy atom. The van der Waals surface area contributed by atoms with Crippen LogP contribution < -0.4 is 8.48 Å². The van der Waals surface area contributed by atoms with Gasteiger partial charge in [-0.1, -0.05) is 0 Å². The molecule has 2 rings (SSSR count). The molecular formula is C18H28BrNO3Te. The van der Waals surface area contributed by atoms with Gasteiger partial charge in [-0.3, -0.25) is 0 Å². The van der Waals surface area contributed by atoms with Gasteiger partial charge in [-0.05, 0) is 0 Å². The van der Waals surface area contributed by atoms with E-state index in [1.165, 1.54) is 43.0 Å². The van der Waals surface area contributed by atoms with E-state index in [1.54, 1.807) is 0 Å². The summed E-state index contributed by atoms with van der Waals surface area (Å²) < 4.78 is 14.9. The van der Waals surface area contributed by atoms with Crippen LogP contribution in [0.25, 0.3) is 0 Å². The summed E-state index contributed by atoms with van der Waals surface area (Å²) in [5.41, 5.74) is 1.75. The van der Waals surface area contributed by atoms with Gasteiger partial charge < -0.3 is 0 Å². The fraction of sp³-hybridized carbons (Fsp3) is 0.722. The maximum atomic E-state index is 9.64. The SMILES string of the molecule is CCCCCCCC[Te]c1nc(Br)c(CO)c2c1OC(C)(C)OC2. The van der Waals surface area contributed by atoms with E-state index < -0.39 is 26.7 Å². The van der Waals surface area contributed by atoms with E-state index in [9.17, 15) is 5.11 Å². The van der Waals surface area contributed by atoms with Crippen LogP contribution in [0.1, 0.15) is 70.4 Å². The molecule has 136 valence electrons. The van der Waals surface area contributed by atoms with Crippen LogP contribution in [0.15, 0.2) is 4.60 Å². The third-order valence-corrected chi connectivity index (χ3v) is 7.72. The average Bonchev–Trinajstić information content (AvgIpc) is 2.54. The Kier molecular flexibility index (Phi) is 8.29. The molecule has 0 saturated carbocycles. The molecule has 2 heterocycles. The third kappa shape index (κ3) is 5.57. The second-order valence-corrected chi connectivity index (χ2v) is 10.4. The zero-order chi connectivity index (χ0) is 17.6. The monoisotopic (exact) mass is 515 g/mol. The quantitative estimate of drug-likeness (QED) is 0.307. The van der Waals surface area contributed by atoms with E-state index in [0.717, 1.165) is 25.2 Å². The van der Waals surface area contributed by atoms with Crippen molar-refractivity contribution < 1.29 is 14.6 Å². The third-order valence-electron chi connectivity index (χ3n) is 4.09. The van der Waals surface area contributed by atoms with Crippen LogP contribution in [0.4, 0.5) is 0 Å². The number of aromatic nitrogens is 1. The predicted molar refractivity (Wildman–Crippen MR) is 101 cm³/mol. The van der Waals surface area contributed by atoms with E-state index in [-0.39, 0.29) is 6.61 Å². The molecule has 6 heteroatoms. The number of rotatable bonds is 9. The second-order valence-electron chi connectivity index (χ2n) is 6.56. The standard InChI is InChI=1S/C18H28BrNO3Te/c1-4-5-6-7-8-9-10-24-17-15-14(12-22-18(2,3)23-15)13(11-21)16(19)20-17/h21H,4-12H2,1-3H3. The van der Waals surface area contributed by atoms with Crippen molar-refractivity contribution in [2.24, 2.45) is 0 Å². The molecule has 0 unspecified atom stereocenters. The number of ether oxygens (including phenoxy) is 2. The van der Waals surface area contributed by atoms with Crippen molar-refractivity contribution in [2.45, 2.75) is 82.8 Å². The molecule has 0 saturated heterocycles. The van der Waals surface area contributed by atoms with Crippen LogP contribution in [0.5, 0.6) is 5.75 Å². The average molecular weight is 514 g/mol. The van der Waals surface area contributed by atoms with Gasteiger partial charge in [-0.2, -0.15) is 0 Å². The van der Waals surface area contributed by atoms with Crippen LogP contribution in [0, 0.1) is 0 Å². The second kappa shape index (κ2) is 9.73. The number of unbranched alkanes of at least 4 members (excludes halogenated alkanes) is 5. The molecular weight excluding hydrogens is 486 g/mol. The first-order valence-corrected chi connectivity index (χ1v) is 12.4. The molecule has 24 heavy (non-hydrogen) atoms. The van der Waals surface area contributed by atoms with Gasteiger partial charge in [0.2, 0.25) is 0 Å². The van der Waals surface area contributed by atoms with Crippen LogP contribution >= 0.6 is 15.9 Å². The van der Waals surface area contributed by atoms with Gasteiger partial charge in [0, 0.05) is 0 Å². The first kappa shape index (κ1) is 20.5. The van der Waals surface area contributed by atoms with Gasteiger partial charge in [0.25, 0.3) is 0 Å². The Morgan fingerprint density at radius 3 is 2.62 bits per heavy atom. The van der Waals surface area contributed by atoms with Gasteiger partial charge in [-0.25, -0.2) is 0 Å². The van der Waals surface area contributed by atoms with Crippen LogP contribution in [-0.2, 0) is 18.0 Å². The molecule has 0 fully saturated rings. The number of pyridine rings is 1. The summed E-state index contributed by atoms with van der Waals surface area (Å²) in [6, 6.07) is 0. The Hall–Kier alpha value is 0.140. The van der Waals surface area contributed by atoms with E-state index in [2.05, 4.69) is 22.9 Å². The van der Waals surface area contributed by atoms with Gasteiger partial charge in [-0.15, -0.1) is 0 Å². The molecule has 1 aromatic rings. The number of hydrogen-bond acceptors (Lipinski definition) is 4. The van der Waals surface area contributed by atoms with Gasteiger partial charge >= 0.3 is 164 Å². The van der Waals surface area contributed by atoms with E-state index in [4.69, 9.17) is 14.5 Å². The minimum atomic E-state index is -0.628. The van der Waals surface area contributed by atoms with Crippen molar-refractivity contribution in [1.29, 1.82) is 0 Å². The maximum absolute atomic E-state index is 9.64. The summed E-state index contributed by atoms with van der Waals surface area (Å²) in [6.07, 6.45) is 7.95. The predicted octanol–water partition coefficient (Wildman–Crippen LogP) is 4.09. The summed E-state index contributed by atoms with van der Waals surface area (Å²) in [6.45, 7) is 6.52. The van der Waals surface area contributed by atoms with Gasteiger partial charge in [0.1, 0.15) is 0 Å². The number of fused-ring (bicyclic) bond motifs is 1. The van der Waals surface area contributed by atoms with E-state index in [1.807, 2.05) is 13.8 Å². The first-order valence-electron chi connectivity index (χ1n) is 8.76. The van der Waals surface area contributed by atoms with Crippen molar-refractivity contribution >= 4 is 40.6 Å². The number of hydrogen-bond donors (Lipinski definition) is 1. The molecule has 0 bridgehead atoms. The van der Waals surface area contributed by atoms with Crippen molar-refractivity contribution in [1.82, 2.24) is 4.98 Å². The molecule has 1 aromatic heterocycles. The number of aliphatic hydroxyl groups excluding tert-OH is 1. The molecule has 0 amide bonds. The summed E-state index contributed by atoms with van der Waals surface area (Å²) >= 11 is 3.11. The molecule has 0 radical (unpaired) electrons. The fourth-order valence-electron chi connectivity index (χ4n) is 2.69. The topological polar surface area (TPSA) is 51.6 Å². The molecule has 0 aliphatic carbocycles. The summed E-state index contributed by atoms with van der Waals surface area (Å²) in [4.78, 5) is 4.70. The van der Waals surface area contributed by atoms with E-state index >= 15 is 0 Å².